The summed E-state index contributed by atoms with van der Waals surface area (Å²) in [5, 5.41) is 10.7. The molecule has 128 valence electrons. The molecule has 0 spiro atoms. The number of aliphatic hydroxyl groups is 1. The van der Waals surface area contributed by atoms with E-state index in [9.17, 15) is 9.90 Å². The number of likely N-dealkylation sites (tertiary alicyclic amines) is 1. The van der Waals surface area contributed by atoms with E-state index in [0.29, 0.717) is 12.3 Å². The van der Waals surface area contributed by atoms with Crippen molar-refractivity contribution < 1.29 is 9.90 Å². The minimum absolute atomic E-state index is 0.0838. The minimum Gasteiger partial charge on any atom is -0.390 e. The molecule has 2 fully saturated rings. The van der Waals surface area contributed by atoms with Crippen LogP contribution in [0.5, 0.6) is 0 Å². The van der Waals surface area contributed by atoms with Crippen molar-refractivity contribution in [2.45, 2.75) is 77.9 Å². The fourth-order valence-corrected chi connectivity index (χ4v) is 4.64. The molecule has 2 aliphatic rings. The molecule has 0 bridgehead atoms. The van der Waals surface area contributed by atoms with E-state index in [1.165, 1.54) is 0 Å². The summed E-state index contributed by atoms with van der Waals surface area (Å²) >= 11 is 0. The van der Waals surface area contributed by atoms with Gasteiger partial charge in [-0.1, -0.05) is 34.1 Å². The number of carbonyl (C=O) groups excluding carboxylic acids is 1. The van der Waals surface area contributed by atoms with E-state index in [1.807, 2.05) is 11.8 Å². The Morgan fingerprint density at radius 1 is 1.36 bits per heavy atom. The van der Waals surface area contributed by atoms with Gasteiger partial charge in [0.1, 0.15) is 0 Å². The highest BCUT2D eigenvalue weighted by Gasteiger charge is 2.63. The molecule has 1 saturated heterocycles. The number of rotatable bonds is 6. The molecule has 4 unspecified atom stereocenters. The summed E-state index contributed by atoms with van der Waals surface area (Å²) in [6.45, 7) is 10.2. The van der Waals surface area contributed by atoms with E-state index >= 15 is 0 Å². The van der Waals surface area contributed by atoms with Gasteiger partial charge in [0.15, 0.2) is 0 Å². The van der Waals surface area contributed by atoms with Crippen LogP contribution in [0.25, 0.3) is 0 Å². The van der Waals surface area contributed by atoms with Crippen LogP contribution >= 0.6 is 0 Å². The Morgan fingerprint density at radius 2 is 1.95 bits per heavy atom. The lowest BCUT2D eigenvalue weighted by Crippen LogP contribution is -2.69. The van der Waals surface area contributed by atoms with Crippen molar-refractivity contribution in [3.8, 4) is 0 Å². The number of carbonyl (C=O) groups is 1. The van der Waals surface area contributed by atoms with Gasteiger partial charge in [0.2, 0.25) is 5.91 Å². The Balaban J connectivity index is 2.19. The zero-order valence-electron chi connectivity index (χ0n) is 14.8. The van der Waals surface area contributed by atoms with Gasteiger partial charge in [-0.15, -0.1) is 0 Å². The minimum atomic E-state index is -0.642. The van der Waals surface area contributed by atoms with E-state index in [1.54, 1.807) is 0 Å². The summed E-state index contributed by atoms with van der Waals surface area (Å²) < 4.78 is 0. The van der Waals surface area contributed by atoms with Crippen LogP contribution < -0.4 is 5.73 Å². The average Bonchev–Trinajstić information content (AvgIpc) is 3.06. The van der Waals surface area contributed by atoms with Crippen molar-refractivity contribution >= 4 is 5.91 Å². The van der Waals surface area contributed by atoms with Crippen molar-refractivity contribution in [1.29, 1.82) is 0 Å². The molecule has 1 amide bonds. The molecule has 5 atom stereocenters. The molecule has 4 nitrogen and oxygen atoms in total. The molecule has 1 heterocycles. The van der Waals surface area contributed by atoms with Gasteiger partial charge >= 0.3 is 0 Å². The van der Waals surface area contributed by atoms with Crippen molar-refractivity contribution in [2.24, 2.45) is 23.0 Å². The van der Waals surface area contributed by atoms with Gasteiger partial charge in [-0.3, -0.25) is 4.79 Å². The summed E-state index contributed by atoms with van der Waals surface area (Å²) in [7, 11) is 0. The maximum Gasteiger partial charge on any atom is 0.240 e. The van der Waals surface area contributed by atoms with Gasteiger partial charge in [0.25, 0.3) is 0 Å². The van der Waals surface area contributed by atoms with Crippen LogP contribution in [-0.4, -0.2) is 40.6 Å². The summed E-state index contributed by atoms with van der Waals surface area (Å²) in [4.78, 5) is 14.7. The Kier molecular flexibility index (Phi) is 5.23. The normalized spacial score (nSPS) is 37.7. The molecule has 0 aromatic rings. The highest BCUT2D eigenvalue weighted by molar-refractivity contribution is 5.83. The molecular weight excluding hydrogens is 276 g/mol. The molecule has 22 heavy (non-hydrogen) atoms. The van der Waals surface area contributed by atoms with Gasteiger partial charge in [-0.25, -0.2) is 0 Å². The standard InChI is InChI=1S/C18H34N2O2/c1-5-13(3)11-17(12-18(22,6-2)14(17)4)15(19)16(21)20-9-7-8-10-20/h13-15,22H,5-12,19H2,1-4H3/t13?,14?,15-,17?,18?/m1/s1. The zero-order valence-corrected chi connectivity index (χ0v) is 14.8. The SMILES string of the molecule is CCC(C)CC1([C@H](N)C(=O)N2CCCC2)CC(O)(CC)C1C. The summed E-state index contributed by atoms with van der Waals surface area (Å²) in [6, 6.07) is -0.471. The molecule has 4 heteroatoms. The van der Waals surface area contributed by atoms with E-state index in [-0.39, 0.29) is 17.2 Å². The largest absolute Gasteiger partial charge is 0.390 e. The maximum absolute atomic E-state index is 12.8. The van der Waals surface area contributed by atoms with Crippen molar-refractivity contribution in [2.75, 3.05) is 13.1 Å². The van der Waals surface area contributed by atoms with Gasteiger partial charge in [-0.05, 0) is 43.9 Å². The summed E-state index contributed by atoms with van der Waals surface area (Å²) in [5.74, 6) is 0.715. The van der Waals surface area contributed by atoms with Crippen LogP contribution in [0, 0.1) is 17.3 Å². The first-order valence-corrected chi connectivity index (χ1v) is 9.07. The van der Waals surface area contributed by atoms with E-state index < -0.39 is 11.6 Å². The van der Waals surface area contributed by atoms with E-state index in [4.69, 9.17) is 5.73 Å². The van der Waals surface area contributed by atoms with Crippen LogP contribution in [-0.2, 0) is 4.79 Å². The van der Waals surface area contributed by atoms with Crippen molar-refractivity contribution in [3.05, 3.63) is 0 Å². The summed E-state index contributed by atoms with van der Waals surface area (Å²) in [5.41, 5.74) is 5.63. The molecule has 0 aromatic heterocycles. The van der Waals surface area contributed by atoms with Crippen molar-refractivity contribution in [1.82, 2.24) is 4.90 Å². The van der Waals surface area contributed by atoms with E-state index in [0.717, 1.165) is 45.2 Å². The second-order valence-corrected chi connectivity index (χ2v) is 7.82. The van der Waals surface area contributed by atoms with Crippen LogP contribution in [0.4, 0.5) is 0 Å². The lowest BCUT2D eigenvalue weighted by atomic mass is 9.46. The average molecular weight is 310 g/mol. The number of amides is 1. The monoisotopic (exact) mass is 310 g/mol. The Labute approximate surface area is 135 Å². The maximum atomic E-state index is 12.8. The van der Waals surface area contributed by atoms with Crippen LogP contribution in [0.1, 0.15) is 66.2 Å². The zero-order chi connectivity index (χ0) is 16.5. The number of hydrogen-bond donors (Lipinski definition) is 2. The Morgan fingerprint density at radius 3 is 2.41 bits per heavy atom. The Bertz CT molecular complexity index is 404. The molecule has 3 N–H and O–H groups in total. The first-order chi connectivity index (χ1) is 10.3. The van der Waals surface area contributed by atoms with Crippen LogP contribution in [0.15, 0.2) is 0 Å². The van der Waals surface area contributed by atoms with Gasteiger partial charge in [0, 0.05) is 18.5 Å². The molecule has 0 radical (unpaired) electrons. The van der Waals surface area contributed by atoms with Crippen molar-refractivity contribution in [3.63, 3.8) is 0 Å². The lowest BCUT2D eigenvalue weighted by molar-refractivity contribution is -0.208. The molecule has 1 aliphatic heterocycles. The third-order valence-electron chi connectivity index (χ3n) is 6.64. The fourth-order valence-electron chi connectivity index (χ4n) is 4.64. The predicted molar refractivity (Wildman–Crippen MR) is 89.3 cm³/mol. The number of nitrogens with two attached hydrogens (primary N) is 1. The molecule has 1 aliphatic carbocycles. The second-order valence-electron chi connectivity index (χ2n) is 7.82. The van der Waals surface area contributed by atoms with E-state index in [2.05, 4.69) is 20.8 Å². The first-order valence-electron chi connectivity index (χ1n) is 9.07. The molecular formula is C18H34N2O2. The Hall–Kier alpha value is -0.610. The molecule has 1 saturated carbocycles. The quantitative estimate of drug-likeness (QED) is 0.792. The molecule has 2 rings (SSSR count). The predicted octanol–water partition coefficient (Wildman–Crippen LogP) is 2.54. The number of hydrogen-bond acceptors (Lipinski definition) is 3. The van der Waals surface area contributed by atoms with Crippen LogP contribution in [0.2, 0.25) is 0 Å². The highest BCUT2D eigenvalue weighted by Crippen LogP contribution is 2.60. The van der Waals surface area contributed by atoms with Crippen LogP contribution in [0.3, 0.4) is 0 Å². The fraction of sp³-hybridized carbons (Fsp3) is 0.944. The third-order valence-corrected chi connectivity index (χ3v) is 6.64. The van der Waals surface area contributed by atoms with Gasteiger partial charge in [0.05, 0.1) is 11.6 Å². The van der Waals surface area contributed by atoms with Gasteiger partial charge in [-0.2, -0.15) is 0 Å². The highest BCUT2D eigenvalue weighted by atomic mass is 16.3. The molecule has 0 aromatic carbocycles. The topological polar surface area (TPSA) is 66.6 Å². The first kappa shape index (κ1) is 17.7. The van der Waals surface area contributed by atoms with Gasteiger partial charge < -0.3 is 15.7 Å². The second kappa shape index (κ2) is 6.48. The number of nitrogens with zero attached hydrogens (tertiary/aromatic N) is 1. The third kappa shape index (κ3) is 2.80. The summed E-state index contributed by atoms with van der Waals surface area (Å²) in [6.07, 6.45) is 5.61. The smallest absolute Gasteiger partial charge is 0.240 e. The lowest BCUT2D eigenvalue weighted by Gasteiger charge is -2.62.